The third-order valence-electron chi connectivity index (χ3n) is 2.93. The lowest BCUT2D eigenvalue weighted by Crippen LogP contribution is -2.17. The van der Waals surface area contributed by atoms with Gasteiger partial charge in [0.1, 0.15) is 0 Å². The number of hydrogen-bond donors (Lipinski definition) is 0. The molecule has 84 valence electrons. The molecular formula is C12H23ClO. The highest BCUT2D eigenvalue weighted by Crippen LogP contribution is 2.20. The molecule has 0 saturated heterocycles. The molecule has 2 heteroatoms. The van der Waals surface area contributed by atoms with Crippen molar-refractivity contribution in [3.8, 4) is 0 Å². The summed E-state index contributed by atoms with van der Waals surface area (Å²) in [6.07, 6.45) is 12.2. The van der Waals surface area contributed by atoms with Crippen LogP contribution in [0, 0.1) is 0 Å². The van der Waals surface area contributed by atoms with Crippen LogP contribution in [0.5, 0.6) is 0 Å². The summed E-state index contributed by atoms with van der Waals surface area (Å²) in [5.74, 6) is 0.809. The standard InChI is InChI=1S/C12H23ClO/c13-10-6-1-2-7-11-14-12-8-4-3-5-9-12/h12H,1-11H2. The first-order valence-electron chi connectivity index (χ1n) is 6.11. The van der Waals surface area contributed by atoms with Gasteiger partial charge in [-0.1, -0.05) is 32.1 Å². The monoisotopic (exact) mass is 218 g/mol. The Morgan fingerprint density at radius 3 is 2.36 bits per heavy atom. The molecule has 0 aromatic carbocycles. The number of hydrogen-bond acceptors (Lipinski definition) is 1. The number of halogens is 1. The molecule has 0 radical (unpaired) electrons. The zero-order valence-corrected chi connectivity index (χ0v) is 9.90. The quantitative estimate of drug-likeness (QED) is 0.461. The summed E-state index contributed by atoms with van der Waals surface area (Å²) in [4.78, 5) is 0. The lowest BCUT2D eigenvalue weighted by atomic mass is 9.98. The Balaban J connectivity index is 1.82. The van der Waals surface area contributed by atoms with Gasteiger partial charge in [-0.3, -0.25) is 0 Å². The van der Waals surface area contributed by atoms with E-state index in [0.717, 1.165) is 18.9 Å². The number of alkyl halides is 1. The van der Waals surface area contributed by atoms with Crippen molar-refractivity contribution >= 4 is 11.6 Å². The first-order valence-corrected chi connectivity index (χ1v) is 6.64. The molecule has 1 aliphatic carbocycles. The Labute approximate surface area is 93.2 Å². The van der Waals surface area contributed by atoms with Crippen molar-refractivity contribution in [1.29, 1.82) is 0 Å². The van der Waals surface area contributed by atoms with E-state index >= 15 is 0 Å². The second-order valence-electron chi connectivity index (χ2n) is 4.23. The van der Waals surface area contributed by atoms with Crippen molar-refractivity contribution in [3.63, 3.8) is 0 Å². The molecule has 0 aromatic heterocycles. The predicted octanol–water partition coefficient (Wildman–Crippen LogP) is 4.13. The van der Waals surface area contributed by atoms with Crippen molar-refractivity contribution in [2.75, 3.05) is 12.5 Å². The summed E-state index contributed by atoms with van der Waals surface area (Å²) >= 11 is 5.60. The summed E-state index contributed by atoms with van der Waals surface area (Å²) in [5, 5.41) is 0. The van der Waals surface area contributed by atoms with Gasteiger partial charge < -0.3 is 4.74 Å². The lowest BCUT2D eigenvalue weighted by molar-refractivity contribution is 0.0263. The molecule has 0 heterocycles. The van der Waals surface area contributed by atoms with Crippen molar-refractivity contribution < 1.29 is 4.74 Å². The predicted molar refractivity (Wildman–Crippen MR) is 62.0 cm³/mol. The molecule has 0 unspecified atom stereocenters. The Hall–Kier alpha value is 0.250. The second-order valence-corrected chi connectivity index (χ2v) is 4.61. The van der Waals surface area contributed by atoms with E-state index in [0.29, 0.717) is 6.10 Å². The third-order valence-corrected chi connectivity index (χ3v) is 3.20. The van der Waals surface area contributed by atoms with Crippen LogP contribution >= 0.6 is 11.6 Å². The smallest absolute Gasteiger partial charge is 0.0575 e. The van der Waals surface area contributed by atoms with Crippen LogP contribution in [0.2, 0.25) is 0 Å². The van der Waals surface area contributed by atoms with Crippen LogP contribution in [0.4, 0.5) is 0 Å². The van der Waals surface area contributed by atoms with Gasteiger partial charge in [-0.25, -0.2) is 0 Å². The topological polar surface area (TPSA) is 9.23 Å². The Kier molecular flexibility index (Phi) is 7.52. The molecule has 0 aliphatic heterocycles. The minimum Gasteiger partial charge on any atom is -0.378 e. The Bertz CT molecular complexity index is 121. The molecule has 0 amide bonds. The molecule has 0 atom stereocenters. The van der Waals surface area contributed by atoms with Gasteiger partial charge in [-0.05, 0) is 25.7 Å². The highest BCUT2D eigenvalue weighted by molar-refractivity contribution is 6.17. The van der Waals surface area contributed by atoms with Gasteiger partial charge >= 0.3 is 0 Å². The molecule has 0 spiro atoms. The molecule has 1 rings (SSSR count). The van der Waals surface area contributed by atoms with Crippen LogP contribution in [0.3, 0.4) is 0 Å². The van der Waals surface area contributed by atoms with Crippen LogP contribution in [0.25, 0.3) is 0 Å². The molecule has 1 aliphatic rings. The molecule has 0 N–H and O–H groups in total. The van der Waals surface area contributed by atoms with Crippen LogP contribution in [-0.4, -0.2) is 18.6 Å². The normalized spacial score (nSPS) is 18.6. The van der Waals surface area contributed by atoms with E-state index in [2.05, 4.69) is 0 Å². The highest BCUT2D eigenvalue weighted by Gasteiger charge is 2.12. The van der Waals surface area contributed by atoms with Crippen molar-refractivity contribution in [3.05, 3.63) is 0 Å². The van der Waals surface area contributed by atoms with Crippen molar-refractivity contribution in [2.45, 2.75) is 63.9 Å². The fraction of sp³-hybridized carbons (Fsp3) is 1.00. The summed E-state index contributed by atoms with van der Waals surface area (Å²) in [7, 11) is 0. The molecule has 0 bridgehead atoms. The summed E-state index contributed by atoms with van der Waals surface area (Å²) in [5.41, 5.74) is 0. The first-order chi connectivity index (χ1) is 6.93. The van der Waals surface area contributed by atoms with Gasteiger partial charge in [-0.15, -0.1) is 11.6 Å². The van der Waals surface area contributed by atoms with Gasteiger partial charge in [0.15, 0.2) is 0 Å². The third kappa shape index (κ3) is 5.87. The maximum atomic E-state index is 5.83. The highest BCUT2D eigenvalue weighted by atomic mass is 35.5. The number of ether oxygens (including phenoxy) is 1. The Morgan fingerprint density at radius 1 is 0.929 bits per heavy atom. The summed E-state index contributed by atoms with van der Waals surface area (Å²) in [6.45, 7) is 0.965. The summed E-state index contributed by atoms with van der Waals surface area (Å²) < 4.78 is 5.83. The molecular weight excluding hydrogens is 196 g/mol. The summed E-state index contributed by atoms with van der Waals surface area (Å²) in [6, 6.07) is 0. The molecule has 1 nitrogen and oxygen atoms in total. The largest absolute Gasteiger partial charge is 0.378 e. The van der Waals surface area contributed by atoms with E-state index < -0.39 is 0 Å². The van der Waals surface area contributed by atoms with Gasteiger partial charge in [0, 0.05) is 12.5 Å². The lowest BCUT2D eigenvalue weighted by Gasteiger charge is -2.21. The zero-order valence-electron chi connectivity index (χ0n) is 9.14. The van der Waals surface area contributed by atoms with Crippen LogP contribution < -0.4 is 0 Å². The molecule has 14 heavy (non-hydrogen) atoms. The van der Waals surface area contributed by atoms with Gasteiger partial charge in [0.25, 0.3) is 0 Å². The average molecular weight is 219 g/mol. The molecule has 1 fully saturated rings. The first kappa shape index (κ1) is 12.3. The fourth-order valence-corrected chi connectivity index (χ4v) is 2.22. The van der Waals surface area contributed by atoms with E-state index in [-0.39, 0.29) is 0 Å². The average Bonchev–Trinajstić information content (AvgIpc) is 2.25. The second kappa shape index (κ2) is 8.55. The van der Waals surface area contributed by atoms with Crippen LogP contribution in [0.1, 0.15) is 57.8 Å². The van der Waals surface area contributed by atoms with Crippen molar-refractivity contribution in [1.82, 2.24) is 0 Å². The maximum absolute atomic E-state index is 5.83. The molecule has 1 saturated carbocycles. The van der Waals surface area contributed by atoms with Gasteiger partial charge in [-0.2, -0.15) is 0 Å². The van der Waals surface area contributed by atoms with Crippen LogP contribution in [-0.2, 0) is 4.74 Å². The fourth-order valence-electron chi connectivity index (χ4n) is 2.03. The number of rotatable bonds is 7. The SMILES string of the molecule is ClCCCCCCOC1CCCCC1. The van der Waals surface area contributed by atoms with Gasteiger partial charge in [0.05, 0.1) is 6.10 Å². The van der Waals surface area contributed by atoms with E-state index in [1.165, 1.54) is 51.4 Å². The molecule has 0 aromatic rings. The van der Waals surface area contributed by atoms with E-state index in [9.17, 15) is 0 Å². The van der Waals surface area contributed by atoms with E-state index in [1.807, 2.05) is 0 Å². The van der Waals surface area contributed by atoms with E-state index in [1.54, 1.807) is 0 Å². The maximum Gasteiger partial charge on any atom is 0.0575 e. The zero-order chi connectivity index (χ0) is 10.1. The van der Waals surface area contributed by atoms with Crippen LogP contribution in [0.15, 0.2) is 0 Å². The number of unbranched alkanes of at least 4 members (excludes halogenated alkanes) is 3. The Morgan fingerprint density at radius 2 is 1.64 bits per heavy atom. The minimum absolute atomic E-state index is 0.580. The van der Waals surface area contributed by atoms with Gasteiger partial charge in [0.2, 0.25) is 0 Å². The van der Waals surface area contributed by atoms with E-state index in [4.69, 9.17) is 16.3 Å². The van der Waals surface area contributed by atoms with Crippen molar-refractivity contribution in [2.24, 2.45) is 0 Å². The minimum atomic E-state index is 0.580.